The summed E-state index contributed by atoms with van der Waals surface area (Å²) in [5.41, 5.74) is -4.31. The molecule has 1 aromatic carbocycles. The molecule has 194 valence electrons. The molecule has 2 heterocycles. The Labute approximate surface area is 182 Å². The van der Waals surface area contributed by atoms with E-state index in [1.54, 1.807) is 0 Å². The minimum absolute atomic E-state index is 0.0308. The van der Waals surface area contributed by atoms with Crippen LogP contribution in [0.4, 0.5) is 52.7 Å². The molecule has 0 saturated carbocycles. The summed E-state index contributed by atoms with van der Waals surface area (Å²) in [5.74, 6) is -23.1. The van der Waals surface area contributed by atoms with E-state index in [0.29, 0.717) is 0 Å². The molecule has 0 amide bonds. The van der Waals surface area contributed by atoms with Crippen molar-refractivity contribution >= 4 is 0 Å². The monoisotopic (exact) mass is 522 g/mol. The van der Waals surface area contributed by atoms with Crippen LogP contribution in [0.15, 0.2) is 24.3 Å². The van der Waals surface area contributed by atoms with Gasteiger partial charge in [-0.3, -0.25) is 0 Å². The number of hydrogen-bond donors (Lipinski definition) is 0. The van der Waals surface area contributed by atoms with Crippen LogP contribution in [-0.4, -0.2) is 62.7 Å². The molecular weight excluding hydrogens is 508 g/mol. The Morgan fingerprint density at radius 1 is 0.647 bits per heavy atom. The molecule has 2 fully saturated rings. The smallest absolute Gasteiger partial charge is 0.371 e. The average Bonchev–Trinajstić information content (AvgIpc) is 3.63. The third kappa shape index (κ3) is 4.68. The van der Waals surface area contributed by atoms with Gasteiger partial charge in [0.05, 0.1) is 26.4 Å². The largest absolute Gasteiger partial charge is 0.455 e. The summed E-state index contributed by atoms with van der Waals surface area (Å²) in [6, 6.07) is -0.353. The van der Waals surface area contributed by atoms with E-state index in [-0.39, 0.29) is 31.4 Å². The second-order valence-electron chi connectivity index (χ2n) is 7.45. The quantitative estimate of drug-likeness (QED) is 0.315. The Hall–Kier alpha value is -1.78. The Morgan fingerprint density at radius 3 is 1.24 bits per heavy atom. The lowest BCUT2D eigenvalue weighted by molar-refractivity contribution is -0.406. The first-order valence-electron chi connectivity index (χ1n) is 9.26. The molecule has 2 saturated heterocycles. The molecule has 0 spiro atoms. The highest BCUT2D eigenvalue weighted by molar-refractivity contribution is 5.33. The van der Waals surface area contributed by atoms with E-state index >= 15 is 0 Å². The van der Waals surface area contributed by atoms with Gasteiger partial charge in [0.1, 0.15) is 12.2 Å². The molecule has 2 aliphatic heterocycles. The number of benzene rings is 1. The highest BCUT2D eigenvalue weighted by atomic mass is 19.4. The zero-order valence-electron chi connectivity index (χ0n) is 16.5. The minimum atomic E-state index is -6.42. The maximum atomic E-state index is 14.7. The topological polar surface area (TPSA) is 43.5 Å². The van der Waals surface area contributed by atoms with Crippen molar-refractivity contribution in [2.24, 2.45) is 0 Å². The first-order chi connectivity index (χ1) is 15.4. The van der Waals surface area contributed by atoms with Gasteiger partial charge in [-0.15, -0.1) is 0 Å². The highest BCUT2D eigenvalue weighted by Gasteiger charge is 2.76. The van der Waals surface area contributed by atoms with Gasteiger partial charge in [-0.25, -0.2) is 0 Å². The van der Waals surface area contributed by atoms with E-state index < -0.39 is 78.5 Å². The SMILES string of the molecule is FC(F)(F)C(F)(OCC1CO1)C(F)(F)c1cccc(C(F)(F)C(F)(OCC2CO2)C(F)(F)F)c1. The predicted molar refractivity (Wildman–Crippen MR) is 85.4 cm³/mol. The first-order valence-corrected chi connectivity index (χ1v) is 9.26. The van der Waals surface area contributed by atoms with Crippen LogP contribution in [0.1, 0.15) is 11.1 Å². The molecule has 2 aliphatic rings. The van der Waals surface area contributed by atoms with E-state index in [1.807, 2.05) is 0 Å². The molecule has 0 aliphatic carbocycles. The summed E-state index contributed by atoms with van der Waals surface area (Å²) in [6.45, 7) is -3.02. The third-order valence-electron chi connectivity index (χ3n) is 4.87. The highest BCUT2D eigenvalue weighted by Crippen LogP contribution is 2.55. The number of ether oxygens (including phenoxy) is 4. The Bertz CT molecular complexity index is 813. The summed E-state index contributed by atoms with van der Waals surface area (Å²) < 4.78 is 183. The molecule has 16 heteroatoms. The summed E-state index contributed by atoms with van der Waals surface area (Å²) in [5, 5.41) is 0. The van der Waals surface area contributed by atoms with Crippen LogP contribution >= 0.6 is 0 Å². The maximum absolute atomic E-state index is 14.7. The fourth-order valence-corrected chi connectivity index (χ4v) is 2.73. The van der Waals surface area contributed by atoms with E-state index in [0.717, 1.165) is 0 Å². The average molecular weight is 522 g/mol. The molecule has 0 N–H and O–H groups in total. The summed E-state index contributed by atoms with van der Waals surface area (Å²) >= 11 is 0. The van der Waals surface area contributed by atoms with Gasteiger partial charge < -0.3 is 18.9 Å². The molecule has 4 unspecified atom stereocenters. The second-order valence-corrected chi connectivity index (χ2v) is 7.45. The Kier molecular flexibility index (Phi) is 6.63. The van der Waals surface area contributed by atoms with Crippen LogP contribution in [0.25, 0.3) is 0 Å². The lowest BCUT2D eigenvalue weighted by Crippen LogP contribution is -2.57. The normalized spacial score (nSPS) is 24.9. The molecular formula is C18H14F12O4. The maximum Gasteiger partial charge on any atom is 0.455 e. The van der Waals surface area contributed by atoms with Crippen LogP contribution in [0.2, 0.25) is 0 Å². The molecule has 4 atom stereocenters. The van der Waals surface area contributed by atoms with Crippen molar-refractivity contribution in [1.29, 1.82) is 0 Å². The fraction of sp³-hybridized carbons (Fsp3) is 0.667. The Morgan fingerprint density at radius 2 is 0.971 bits per heavy atom. The van der Waals surface area contributed by atoms with Gasteiger partial charge in [0, 0.05) is 11.1 Å². The van der Waals surface area contributed by atoms with Crippen molar-refractivity contribution in [3.05, 3.63) is 35.4 Å². The van der Waals surface area contributed by atoms with Gasteiger partial charge in [-0.05, 0) is 6.07 Å². The van der Waals surface area contributed by atoms with Crippen molar-refractivity contribution in [2.75, 3.05) is 26.4 Å². The number of rotatable bonds is 10. The predicted octanol–water partition coefficient (Wildman–Crippen LogP) is 5.16. The van der Waals surface area contributed by atoms with Gasteiger partial charge in [0.25, 0.3) is 0 Å². The van der Waals surface area contributed by atoms with Gasteiger partial charge >= 0.3 is 35.9 Å². The molecule has 0 aromatic heterocycles. The van der Waals surface area contributed by atoms with Crippen molar-refractivity contribution in [3.8, 4) is 0 Å². The number of epoxide rings is 2. The molecule has 3 rings (SSSR count). The number of hydrogen-bond acceptors (Lipinski definition) is 4. The van der Waals surface area contributed by atoms with Gasteiger partial charge in [-0.1, -0.05) is 18.2 Å². The van der Waals surface area contributed by atoms with E-state index in [9.17, 15) is 52.7 Å². The second kappa shape index (κ2) is 8.41. The zero-order chi connectivity index (χ0) is 25.8. The van der Waals surface area contributed by atoms with Crippen LogP contribution in [0.5, 0.6) is 0 Å². The summed E-state index contributed by atoms with van der Waals surface area (Å²) in [7, 11) is 0. The molecule has 4 nitrogen and oxygen atoms in total. The third-order valence-corrected chi connectivity index (χ3v) is 4.87. The van der Waals surface area contributed by atoms with E-state index in [4.69, 9.17) is 0 Å². The van der Waals surface area contributed by atoms with E-state index in [2.05, 4.69) is 18.9 Å². The van der Waals surface area contributed by atoms with E-state index in [1.165, 1.54) is 0 Å². The Balaban J connectivity index is 2.00. The molecule has 1 aromatic rings. The fourth-order valence-electron chi connectivity index (χ4n) is 2.73. The zero-order valence-corrected chi connectivity index (χ0v) is 16.5. The molecule has 0 radical (unpaired) electrons. The van der Waals surface area contributed by atoms with Crippen molar-refractivity contribution in [1.82, 2.24) is 0 Å². The van der Waals surface area contributed by atoms with Crippen LogP contribution < -0.4 is 0 Å². The van der Waals surface area contributed by atoms with Gasteiger partial charge in [0.15, 0.2) is 0 Å². The minimum Gasteiger partial charge on any atom is -0.371 e. The molecule has 0 bridgehead atoms. The van der Waals surface area contributed by atoms with Gasteiger partial charge in [-0.2, -0.15) is 52.7 Å². The lowest BCUT2D eigenvalue weighted by Gasteiger charge is -2.36. The van der Waals surface area contributed by atoms with Crippen LogP contribution in [-0.2, 0) is 30.8 Å². The van der Waals surface area contributed by atoms with Crippen molar-refractivity contribution in [3.63, 3.8) is 0 Å². The first kappa shape index (κ1) is 26.8. The van der Waals surface area contributed by atoms with Gasteiger partial charge in [0.2, 0.25) is 0 Å². The lowest BCUT2D eigenvalue weighted by atomic mass is 9.93. The van der Waals surface area contributed by atoms with Crippen molar-refractivity contribution in [2.45, 2.75) is 48.1 Å². The van der Waals surface area contributed by atoms with Crippen LogP contribution in [0, 0.1) is 0 Å². The summed E-state index contributed by atoms with van der Waals surface area (Å²) in [4.78, 5) is 0. The number of halogens is 12. The standard InChI is InChI=1S/C18H14F12O4/c19-13(20,15(23,17(25,26)27)33-7-11-5-31-11)9-2-1-3-10(4-9)14(21,22)16(24,18(28,29)30)34-8-12-6-32-12/h1-4,11-12H,5-8H2. The van der Waals surface area contributed by atoms with Crippen molar-refractivity contribution < 1.29 is 71.6 Å². The number of alkyl halides is 12. The molecule has 34 heavy (non-hydrogen) atoms. The summed E-state index contributed by atoms with van der Waals surface area (Å²) in [6.07, 6.45) is -15.1. The van der Waals surface area contributed by atoms with Crippen LogP contribution in [0.3, 0.4) is 0 Å².